The van der Waals surface area contributed by atoms with Crippen LogP contribution in [0.5, 0.6) is 0 Å². The Bertz CT molecular complexity index is 373. The van der Waals surface area contributed by atoms with E-state index in [0.717, 1.165) is 6.42 Å². The number of likely N-dealkylation sites (tertiary alicyclic amines) is 1. The van der Waals surface area contributed by atoms with E-state index in [2.05, 4.69) is 0 Å². The number of piperidine rings is 1. The third-order valence-electron chi connectivity index (χ3n) is 3.52. The van der Waals surface area contributed by atoms with Crippen molar-refractivity contribution in [2.24, 2.45) is 5.41 Å². The molecule has 1 saturated carbocycles. The summed E-state index contributed by atoms with van der Waals surface area (Å²) < 4.78 is 5.27. The molecule has 2 aliphatic rings. The number of carbonyl (C=O) groups excluding carboxylic acids is 1. The number of amides is 1. The first kappa shape index (κ1) is 12.2. The number of carbonyl (C=O) groups is 2. The fraction of sp³-hybridized carbons (Fsp3) is 0.833. The maximum Gasteiger partial charge on any atom is 0.411 e. The molecule has 0 radical (unpaired) electrons. The zero-order valence-electron chi connectivity index (χ0n) is 10.7. The molecule has 5 nitrogen and oxygen atoms in total. The highest BCUT2D eigenvalue weighted by atomic mass is 16.6. The van der Waals surface area contributed by atoms with Crippen LogP contribution in [0.3, 0.4) is 0 Å². The van der Waals surface area contributed by atoms with E-state index in [1.807, 2.05) is 6.92 Å². The number of hydrogen-bond acceptors (Lipinski definition) is 3. The van der Waals surface area contributed by atoms with Gasteiger partial charge in [0.1, 0.15) is 11.6 Å². The van der Waals surface area contributed by atoms with Gasteiger partial charge in [-0.25, -0.2) is 9.59 Å². The van der Waals surface area contributed by atoms with Gasteiger partial charge in [0.05, 0.1) is 0 Å². The molecule has 1 saturated heterocycles. The van der Waals surface area contributed by atoms with Crippen LogP contribution in [0.15, 0.2) is 0 Å². The van der Waals surface area contributed by atoms with Gasteiger partial charge in [-0.15, -0.1) is 0 Å². The summed E-state index contributed by atoms with van der Waals surface area (Å²) in [6.07, 6.45) is 0.915. The average Bonchev–Trinajstić information content (AvgIpc) is 2.65. The van der Waals surface area contributed by atoms with Crippen LogP contribution in [0.2, 0.25) is 0 Å². The molecule has 3 atom stereocenters. The topological polar surface area (TPSA) is 66.8 Å². The highest BCUT2D eigenvalue weighted by Gasteiger charge is 2.65. The summed E-state index contributed by atoms with van der Waals surface area (Å²) >= 11 is 0. The van der Waals surface area contributed by atoms with Crippen molar-refractivity contribution in [1.29, 1.82) is 0 Å². The Morgan fingerprint density at radius 2 is 1.94 bits per heavy atom. The van der Waals surface area contributed by atoms with Crippen molar-refractivity contribution in [2.45, 2.75) is 58.2 Å². The molecule has 1 aliphatic heterocycles. The molecular weight excluding hydrogens is 222 g/mol. The van der Waals surface area contributed by atoms with Gasteiger partial charge in [-0.2, -0.15) is 0 Å². The van der Waals surface area contributed by atoms with Crippen molar-refractivity contribution >= 4 is 12.1 Å². The number of aliphatic carboxylic acids is 1. The van der Waals surface area contributed by atoms with E-state index in [4.69, 9.17) is 9.84 Å². The Balaban J connectivity index is 2.13. The molecule has 0 aromatic carbocycles. The number of ether oxygens (including phenoxy) is 1. The predicted octanol–water partition coefficient (Wildman–Crippen LogP) is 1.86. The van der Waals surface area contributed by atoms with Gasteiger partial charge in [-0.05, 0) is 39.0 Å². The number of rotatable bonds is 1. The highest BCUT2D eigenvalue weighted by Crippen LogP contribution is 2.59. The molecule has 0 bridgehead atoms. The summed E-state index contributed by atoms with van der Waals surface area (Å²) in [5, 5.41) is 9.13. The standard InChI is InChI=1S/C12H19NO4/c1-11(2,3)17-10(16)13-7(9(14)15)5-12(4)6-8(12)13/h7-8H,5-6H2,1-4H3,(H,14,15)/t7-,8-,12-/m1/s1. The molecule has 2 fully saturated rings. The lowest BCUT2D eigenvalue weighted by Crippen LogP contribution is -2.45. The maximum absolute atomic E-state index is 12.0. The van der Waals surface area contributed by atoms with Gasteiger partial charge in [0.2, 0.25) is 0 Å². The summed E-state index contributed by atoms with van der Waals surface area (Å²) in [4.78, 5) is 24.5. The van der Waals surface area contributed by atoms with Crippen molar-refractivity contribution in [1.82, 2.24) is 4.90 Å². The van der Waals surface area contributed by atoms with Crippen molar-refractivity contribution < 1.29 is 19.4 Å². The minimum Gasteiger partial charge on any atom is -0.480 e. The Morgan fingerprint density at radius 1 is 1.35 bits per heavy atom. The van der Waals surface area contributed by atoms with Crippen LogP contribution < -0.4 is 0 Å². The van der Waals surface area contributed by atoms with E-state index in [-0.39, 0.29) is 11.5 Å². The van der Waals surface area contributed by atoms with E-state index in [1.54, 1.807) is 20.8 Å². The Hall–Kier alpha value is -1.26. The van der Waals surface area contributed by atoms with Crippen molar-refractivity contribution in [3.8, 4) is 0 Å². The van der Waals surface area contributed by atoms with Gasteiger partial charge in [-0.3, -0.25) is 4.90 Å². The molecule has 96 valence electrons. The number of nitrogens with zero attached hydrogens (tertiary/aromatic N) is 1. The zero-order valence-corrected chi connectivity index (χ0v) is 10.7. The van der Waals surface area contributed by atoms with Gasteiger partial charge in [0.15, 0.2) is 0 Å². The van der Waals surface area contributed by atoms with Crippen molar-refractivity contribution in [2.75, 3.05) is 0 Å². The molecule has 0 spiro atoms. The van der Waals surface area contributed by atoms with Crippen LogP contribution in [0.25, 0.3) is 0 Å². The lowest BCUT2D eigenvalue weighted by atomic mass is 10.0. The van der Waals surface area contributed by atoms with Crippen LogP contribution in [0, 0.1) is 5.41 Å². The molecule has 0 aromatic rings. The molecule has 1 aliphatic carbocycles. The summed E-state index contributed by atoms with van der Waals surface area (Å²) in [6.45, 7) is 7.37. The lowest BCUT2D eigenvalue weighted by molar-refractivity contribution is -0.142. The average molecular weight is 241 g/mol. The number of carboxylic acid groups (broad SMARTS) is 1. The first-order valence-corrected chi connectivity index (χ1v) is 5.88. The quantitative estimate of drug-likeness (QED) is 0.761. The number of carboxylic acids is 1. The maximum atomic E-state index is 12.0. The van der Waals surface area contributed by atoms with Crippen LogP contribution in [0.1, 0.15) is 40.5 Å². The number of hydrogen-bond donors (Lipinski definition) is 1. The summed E-state index contributed by atoms with van der Waals surface area (Å²) in [5.74, 6) is -0.940. The molecule has 0 unspecified atom stereocenters. The van der Waals surface area contributed by atoms with E-state index < -0.39 is 23.7 Å². The minimum atomic E-state index is -0.940. The molecular formula is C12H19NO4. The second-order valence-corrected chi connectivity index (χ2v) is 6.32. The first-order chi connectivity index (χ1) is 7.64. The summed E-state index contributed by atoms with van der Waals surface area (Å²) in [7, 11) is 0. The van der Waals surface area contributed by atoms with Gasteiger partial charge in [0.25, 0.3) is 0 Å². The number of fused-ring (bicyclic) bond motifs is 1. The lowest BCUT2D eigenvalue weighted by Gasteiger charge is -2.28. The third kappa shape index (κ3) is 2.10. The monoisotopic (exact) mass is 241 g/mol. The Morgan fingerprint density at radius 3 is 2.41 bits per heavy atom. The normalized spacial score (nSPS) is 35.4. The largest absolute Gasteiger partial charge is 0.480 e. The second-order valence-electron chi connectivity index (χ2n) is 6.32. The summed E-state index contributed by atoms with van der Waals surface area (Å²) in [6, 6.07) is -0.688. The van der Waals surface area contributed by atoms with Crippen LogP contribution in [-0.2, 0) is 9.53 Å². The van der Waals surface area contributed by atoms with Gasteiger partial charge in [0, 0.05) is 6.04 Å². The van der Waals surface area contributed by atoms with Crippen LogP contribution >= 0.6 is 0 Å². The van der Waals surface area contributed by atoms with Crippen molar-refractivity contribution in [3.63, 3.8) is 0 Å². The minimum absolute atomic E-state index is 0.0139. The molecule has 5 heteroatoms. The molecule has 1 amide bonds. The van der Waals surface area contributed by atoms with E-state index >= 15 is 0 Å². The van der Waals surface area contributed by atoms with Crippen molar-refractivity contribution in [3.05, 3.63) is 0 Å². The van der Waals surface area contributed by atoms with Gasteiger partial charge < -0.3 is 9.84 Å². The van der Waals surface area contributed by atoms with E-state index in [9.17, 15) is 9.59 Å². The van der Waals surface area contributed by atoms with Gasteiger partial charge in [-0.1, -0.05) is 6.92 Å². The predicted molar refractivity (Wildman–Crippen MR) is 60.6 cm³/mol. The Kier molecular flexibility index (Phi) is 2.42. The SMILES string of the molecule is CC(C)(C)OC(=O)N1[C@@H](C(=O)O)C[C@]2(C)C[C@@H]12. The van der Waals surface area contributed by atoms with E-state index in [1.165, 1.54) is 4.90 Å². The first-order valence-electron chi connectivity index (χ1n) is 5.88. The fourth-order valence-corrected chi connectivity index (χ4v) is 2.57. The second kappa shape index (κ2) is 3.37. The Labute approximate surface area is 101 Å². The molecule has 1 N–H and O–H groups in total. The van der Waals surface area contributed by atoms with Crippen LogP contribution in [-0.4, -0.2) is 39.8 Å². The van der Waals surface area contributed by atoms with Crippen LogP contribution in [0.4, 0.5) is 4.79 Å². The fourth-order valence-electron chi connectivity index (χ4n) is 2.57. The molecule has 17 heavy (non-hydrogen) atoms. The molecule has 2 rings (SSSR count). The van der Waals surface area contributed by atoms with Gasteiger partial charge >= 0.3 is 12.1 Å². The highest BCUT2D eigenvalue weighted by molar-refractivity contribution is 5.82. The third-order valence-corrected chi connectivity index (χ3v) is 3.52. The smallest absolute Gasteiger partial charge is 0.411 e. The molecule has 1 heterocycles. The summed E-state index contributed by atoms with van der Waals surface area (Å²) in [5.41, 5.74) is -0.603. The van der Waals surface area contributed by atoms with E-state index in [0.29, 0.717) is 6.42 Å². The zero-order chi connectivity index (χ0) is 13.0. The molecule has 0 aromatic heterocycles.